The van der Waals surface area contributed by atoms with Gasteiger partial charge < -0.3 is 4.90 Å². The Hall–Kier alpha value is -1.14. The lowest BCUT2D eigenvalue weighted by atomic mass is 9.95. The molecule has 1 aliphatic rings. The summed E-state index contributed by atoms with van der Waals surface area (Å²) in [5.41, 5.74) is 0. The van der Waals surface area contributed by atoms with Gasteiger partial charge in [-0.3, -0.25) is 4.57 Å². The molecule has 0 saturated heterocycles. The lowest BCUT2D eigenvalue weighted by Gasteiger charge is -2.27. The Kier molecular flexibility index (Phi) is 4.75. The zero-order chi connectivity index (χ0) is 14.7. The molecule has 114 valence electrons. The smallest absolute Gasteiger partial charge is 0.225 e. The Morgan fingerprint density at radius 2 is 2.24 bits per heavy atom. The van der Waals surface area contributed by atoms with Crippen molar-refractivity contribution in [1.29, 1.82) is 0 Å². The first-order valence-corrected chi connectivity index (χ1v) is 8.95. The second-order valence-electron chi connectivity index (χ2n) is 5.74. The van der Waals surface area contributed by atoms with E-state index >= 15 is 0 Å². The van der Waals surface area contributed by atoms with Crippen molar-refractivity contribution in [2.24, 2.45) is 0 Å². The minimum Gasteiger partial charge on any atom is -0.344 e. The highest BCUT2D eigenvalue weighted by molar-refractivity contribution is 7.71. The zero-order valence-corrected chi connectivity index (χ0v) is 14.1. The van der Waals surface area contributed by atoms with Crippen molar-refractivity contribution >= 4 is 29.5 Å². The number of rotatable bonds is 5. The number of H-pyrrole nitrogens is 1. The normalized spacial score (nSPS) is 16.2. The maximum atomic E-state index is 5.46. The first kappa shape index (κ1) is 14.8. The van der Waals surface area contributed by atoms with Crippen LogP contribution in [-0.4, -0.2) is 28.4 Å². The topological polar surface area (TPSA) is 36.9 Å². The molecule has 0 aromatic carbocycles. The predicted octanol–water partition coefficient (Wildman–Crippen LogP) is 4.19. The molecule has 2 aromatic rings. The van der Waals surface area contributed by atoms with Gasteiger partial charge in [-0.05, 0) is 42.9 Å². The summed E-state index contributed by atoms with van der Waals surface area (Å²) in [6, 6.07) is 4.82. The molecular weight excluding hydrogens is 300 g/mol. The van der Waals surface area contributed by atoms with E-state index in [0.29, 0.717) is 6.04 Å². The highest BCUT2D eigenvalue weighted by Gasteiger charge is 2.21. The Labute approximate surface area is 134 Å². The molecule has 2 heterocycles. The van der Waals surface area contributed by atoms with Gasteiger partial charge in [-0.1, -0.05) is 25.3 Å². The van der Waals surface area contributed by atoms with E-state index in [1.54, 1.807) is 0 Å². The maximum absolute atomic E-state index is 5.46. The van der Waals surface area contributed by atoms with Crippen LogP contribution in [-0.2, 0) is 6.42 Å². The SMILES string of the molecule is CN(CCc1cccs1)c1n[nH]c(=S)n1C1CCCCC1. The van der Waals surface area contributed by atoms with Gasteiger partial charge in [-0.15, -0.1) is 16.4 Å². The number of aromatic nitrogens is 3. The van der Waals surface area contributed by atoms with E-state index in [2.05, 4.69) is 44.2 Å². The van der Waals surface area contributed by atoms with Crippen LogP contribution in [0.2, 0.25) is 0 Å². The van der Waals surface area contributed by atoms with Crippen LogP contribution in [0.3, 0.4) is 0 Å². The third-order valence-corrected chi connectivity index (χ3v) is 5.46. The van der Waals surface area contributed by atoms with Crippen LogP contribution in [0.4, 0.5) is 5.95 Å². The Balaban J connectivity index is 1.73. The Morgan fingerprint density at radius 1 is 1.43 bits per heavy atom. The van der Waals surface area contributed by atoms with Crippen LogP contribution in [0.1, 0.15) is 43.0 Å². The van der Waals surface area contributed by atoms with Crippen molar-refractivity contribution in [2.75, 3.05) is 18.5 Å². The highest BCUT2D eigenvalue weighted by atomic mass is 32.1. The van der Waals surface area contributed by atoms with E-state index in [0.717, 1.165) is 23.7 Å². The first-order valence-electron chi connectivity index (χ1n) is 7.66. The first-order chi connectivity index (χ1) is 10.3. The quantitative estimate of drug-likeness (QED) is 0.839. The van der Waals surface area contributed by atoms with E-state index < -0.39 is 0 Å². The minimum atomic E-state index is 0.518. The van der Waals surface area contributed by atoms with Gasteiger partial charge in [0.1, 0.15) is 0 Å². The Morgan fingerprint density at radius 3 is 2.95 bits per heavy atom. The van der Waals surface area contributed by atoms with Crippen molar-refractivity contribution in [2.45, 2.75) is 44.6 Å². The largest absolute Gasteiger partial charge is 0.344 e. The van der Waals surface area contributed by atoms with E-state index in [1.807, 2.05) is 11.3 Å². The lowest BCUT2D eigenvalue weighted by molar-refractivity contribution is 0.350. The van der Waals surface area contributed by atoms with Gasteiger partial charge in [-0.2, -0.15) is 0 Å². The fraction of sp³-hybridized carbons (Fsp3) is 0.600. The van der Waals surface area contributed by atoms with E-state index in [9.17, 15) is 0 Å². The third kappa shape index (κ3) is 3.37. The summed E-state index contributed by atoms with van der Waals surface area (Å²) in [5, 5.41) is 9.58. The van der Waals surface area contributed by atoms with Crippen LogP contribution in [0.25, 0.3) is 0 Å². The number of nitrogens with zero attached hydrogens (tertiary/aromatic N) is 3. The molecule has 2 aromatic heterocycles. The van der Waals surface area contributed by atoms with E-state index in [1.165, 1.54) is 37.0 Å². The van der Waals surface area contributed by atoms with E-state index in [-0.39, 0.29) is 0 Å². The van der Waals surface area contributed by atoms with Crippen LogP contribution in [0.5, 0.6) is 0 Å². The minimum absolute atomic E-state index is 0.518. The highest BCUT2D eigenvalue weighted by Crippen LogP contribution is 2.31. The molecule has 0 bridgehead atoms. The fourth-order valence-corrected chi connectivity index (χ4v) is 4.04. The van der Waals surface area contributed by atoms with Crippen molar-refractivity contribution in [3.8, 4) is 0 Å². The van der Waals surface area contributed by atoms with Gasteiger partial charge in [0, 0.05) is 24.5 Å². The lowest BCUT2D eigenvalue weighted by Crippen LogP contribution is -2.26. The number of hydrogen-bond acceptors (Lipinski definition) is 4. The van der Waals surface area contributed by atoms with Gasteiger partial charge in [0.2, 0.25) is 5.95 Å². The summed E-state index contributed by atoms with van der Waals surface area (Å²) < 4.78 is 3.00. The number of likely N-dealkylation sites (N-methyl/N-ethyl adjacent to an activating group) is 1. The molecule has 6 heteroatoms. The van der Waals surface area contributed by atoms with Crippen molar-refractivity contribution in [3.63, 3.8) is 0 Å². The van der Waals surface area contributed by atoms with Crippen molar-refractivity contribution < 1.29 is 0 Å². The van der Waals surface area contributed by atoms with Gasteiger partial charge in [0.05, 0.1) is 0 Å². The molecule has 0 unspecified atom stereocenters. The third-order valence-electron chi connectivity index (χ3n) is 4.24. The summed E-state index contributed by atoms with van der Waals surface area (Å²) in [6.45, 7) is 0.965. The second-order valence-corrected chi connectivity index (χ2v) is 7.16. The number of nitrogens with one attached hydrogen (secondary N) is 1. The van der Waals surface area contributed by atoms with Crippen LogP contribution in [0.15, 0.2) is 17.5 Å². The van der Waals surface area contributed by atoms with Gasteiger partial charge in [0.25, 0.3) is 0 Å². The molecule has 0 atom stereocenters. The molecule has 1 aliphatic carbocycles. The van der Waals surface area contributed by atoms with Crippen molar-refractivity contribution in [1.82, 2.24) is 14.8 Å². The molecule has 0 aliphatic heterocycles. The summed E-state index contributed by atoms with van der Waals surface area (Å²) in [5.74, 6) is 0.989. The summed E-state index contributed by atoms with van der Waals surface area (Å²) in [4.78, 5) is 3.64. The standard InChI is InChI=1S/C15H22N4S2/c1-18(10-9-13-8-5-11-21-13)14-16-17-15(20)19(14)12-6-3-2-4-7-12/h5,8,11-12H,2-4,6-7,9-10H2,1H3,(H,17,20). The number of aromatic amines is 1. The summed E-state index contributed by atoms with van der Waals surface area (Å²) in [7, 11) is 2.11. The molecule has 1 fully saturated rings. The summed E-state index contributed by atoms with van der Waals surface area (Å²) in [6.07, 6.45) is 7.45. The van der Waals surface area contributed by atoms with Crippen LogP contribution >= 0.6 is 23.6 Å². The van der Waals surface area contributed by atoms with Gasteiger partial charge >= 0.3 is 0 Å². The van der Waals surface area contributed by atoms with Crippen LogP contribution in [0, 0.1) is 4.77 Å². The average Bonchev–Trinajstić information content (AvgIpc) is 3.15. The molecule has 4 nitrogen and oxygen atoms in total. The van der Waals surface area contributed by atoms with E-state index in [4.69, 9.17) is 12.2 Å². The molecule has 0 amide bonds. The molecule has 21 heavy (non-hydrogen) atoms. The van der Waals surface area contributed by atoms with Gasteiger partial charge in [0.15, 0.2) is 4.77 Å². The maximum Gasteiger partial charge on any atom is 0.225 e. The summed E-state index contributed by atoms with van der Waals surface area (Å²) >= 11 is 7.27. The number of hydrogen-bond donors (Lipinski definition) is 1. The molecule has 1 saturated carbocycles. The molecular formula is C15H22N4S2. The second kappa shape index (κ2) is 6.75. The van der Waals surface area contributed by atoms with Crippen molar-refractivity contribution in [3.05, 3.63) is 27.2 Å². The molecule has 3 rings (SSSR count). The van der Waals surface area contributed by atoms with Gasteiger partial charge in [-0.25, -0.2) is 5.10 Å². The predicted molar refractivity (Wildman–Crippen MR) is 90.8 cm³/mol. The number of anilines is 1. The fourth-order valence-electron chi connectivity index (χ4n) is 3.07. The molecule has 0 spiro atoms. The van der Waals surface area contributed by atoms with Crippen LogP contribution < -0.4 is 4.90 Å². The Bertz CT molecular complexity index is 608. The molecule has 1 N–H and O–H groups in total. The monoisotopic (exact) mass is 322 g/mol. The number of thiophene rings is 1. The zero-order valence-electron chi connectivity index (χ0n) is 12.4. The average molecular weight is 323 g/mol. The molecule has 0 radical (unpaired) electrons.